The van der Waals surface area contributed by atoms with E-state index in [1.54, 1.807) is 23.1 Å². The maximum Gasteiger partial charge on any atom is 0.241 e. The second-order valence-electron chi connectivity index (χ2n) is 7.85. The second kappa shape index (κ2) is 9.60. The number of hydrazone groups is 1. The van der Waals surface area contributed by atoms with Crippen molar-refractivity contribution in [2.24, 2.45) is 10.9 Å². The lowest BCUT2D eigenvalue weighted by Crippen LogP contribution is -2.41. The van der Waals surface area contributed by atoms with E-state index in [1.165, 1.54) is 6.21 Å². The number of hydrogen-bond donors (Lipinski definition) is 2. The van der Waals surface area contributed by atoms with Gasteiger partial charge in [-0.05, 0) is 65.6 Å². The Bertz CT molecular complexity index is 1310. The van der Waals surface area contributed by atoms with Crippen LogP contribution in [0.3, 0.4) is 0 Å². The molecule has 1 saturated heterocycles. The number of hydrogen-bond acceptors (Lipinski definition) is 6. The average molecular weight is 467 g/mol. The van der Waals surface area contributed by atoms with Crippen molar-refractivity contribution >= 4 is 32.9 Å². The average Bonchev–Trinajstić information content (AvgIpc) is 3.12. The molecular formula is C24H26N4O4S. The van der Waals surface area contributed by atoms with Gasteiger partial charge in [0.2, 0.25) is 15.9 Å². The molecule has 9 heteroatoms. The molecule has 1 heterocycles. The molecule has 172 valence electrons. The van der Waals surface area contributed by atoms with Crippen molar-refractivity contribution < 1.29 is 17.9 Å². The molecule has 1 atom stereocenters. The monoisotopic (exact) mass is 466 g/mol. The SMILES string of the molecule is CCOc1ccc2ccc(S(=O)(=O)N[C@H]3CCN(Cc4cccc(C=NN)c4)C3=O)cc2c1. The van der Waals surface area contributed by atoms with Crippen LogP contribution >= 0.6 is 0 Å². The minimum Gasteiger partial charge on any atom is -0.494 e. The van der Waals surface area contributed by atoms with E-state index in [0.29, 0.717) is 31.9 Å². The fourth-order valence-corrected chi connectivity index (χ4v) is 5.22. The largest absolute Gasteiger partial charge is 0.494 e. The lowest BCUT2D eigenvalue weighted by atomic mass is 10.1. The van der Waals surface area contributed by atoms with E-state index in [9.17, 15) is 13.2 Å². The third-order valence-electron chi connectivity index (χ3n) is 5.55. The normalized spacial score (nSPS) is 16.7. The quantitative estimate of drug-likeness (QED) is 0.301. The van der Waals surface area contributed by atoms with Gasteiger partial charge in [0.15, 0.2) is 0 Å². The lowest BCUT2D eigenvalue weighted by Gasteiger charge is -2.18. The Labute approximate surface area is 193 Å². The minimum absolute atomic E-state index is 0.115. The highest BCUT2D eigenvalue weighted by atomic mass is 32.2. The molecule has 0 saturated carbocycles. The van der Waals surface area contributed by atoms with Crippen molar-refractivity contribution in [3.05, 3.63) is 71.8 Å². The van der Waals surface area contributed by atoms with Gasteiger partial charge in [0.05, 0.1) is 17.7 Å². The van der Waals surface area contributed by atoms with Crippen molar-refractivity contribution in [2.45, 2.75) is 30.8 Å². The number of carbonyl (C=O) groups excluding carboxylic acids is 1. The van der Waals surface area contributed by atoms with Crippen LogP contribution in [0.15, 0.2) is 70.7 Å². The van der Waals surface area contributed by atoms with Crippen molar-refractivity contribution in [1.29, 1.82) is 0 Å². The number of nitrogens with one attached hydrogen (secondary N) is 1. The van der Waals surface area contributed by atoms with Gasteiger partial charge in [-0.1, -0.05) is 30.3 Å². The standard InChI is InChI=1S/C24H26N4O4S/c1-2-32-21-8-6-19-7-9-22(14-20(19)13-21)33(30,31)27-23-10-11-28(24(23)29)16-18-5-3-4-17(12-18)15-26-25/h3-9,12-15,23,27H,2,10-11,16,25H2,1H3/t23-/m0/s1. The Morgan fingerprint density at radius 1 is 1.15 bits per heavy atom. The van der Waals surface area contributed by atoms with Gasteiger partial charge in [0, 0.05) is 13.1 Å². The number of nitrogens with zero attached hydrogens (tertiary/aromatic N) is 2. The van der Waals surface area contributed by atoms with Crippen LogP contribution in [0.2, 0.25) is 0 Å². The first kappa shape index (κ1) is 22.8. The summed E-state index contributed by atoms with van der Waals surface area (Å²) in [5.41, 5.74) is 1.76. The first-order chi connectivity index (χ1) is 15.9. The smallest absolute Gasteiger partial charge is 0.241 e. The highest BCUT2D eigenvalue weighted by molar-refractivity contribution is 7.89. The van der Waals surface area contributed by atoms with Crippen LogP contribution in [0.4, 0.5) is 0 Å². The van der Waals surface area contributed by atoms with Crippen molar-refractivity contribution in [2.75, 3.05) is 13.2 Å². The Morgan fingerprint density at radius 2 is 1.97 bits per heavy atom. The zero-order chi connectivity index (χ0) is 23.4. The summed E-state index contributed by atoms with van der Waals surface area (Å²) >= 11 is 0. The Kier molecular flexibility index (Phi) is 6.62. The zero-order valence-corrected chi connectivity index (χ0v) is 19.1. The number of fused-ring (bicyclic) bond motifs is 1. The molecule has 1 fully saturated rings. The van der Waals surface area contributed by atoms with E-state index in [0.717, 1.165) is 21.9 Å². The van der Waals surface area contributed by atoms with E-state index in [-0.39, 0.29) is 10.8 Å². The van der Waals surface area contributed by atoms with Crippen LogP contribution < -0.4 is 15.3 Å². The van der Waals surface area contributed by atoms with Crippen molar-refractivity contribution in [3.63, 3.8) is 0 Å². The van der Waals surface area contributed by atoms with Crippen LogP contribution in [0.1, 0.15) is 24.5 Å². The molecule has 3 N–H and O–H groups in total. The Morgan fingerprint density at radius 3 is 2.76 bits per heavy atom. The summed E-state index contributed by atoms with van der Waals surface area (Å²) in [5.74, 6) is 5.64. The minimum atomic E-state index is -3.87. The number of benzene rings is 3. The van der Waals surface area contributed by atoms with Crippen LogP contribution in [0.25, 0.3) is 10.8 Å². The molecule has 1 aliphatic rings. The van der Waals surface area contributed by atoms with Crippen LogP contribution in [0.5, 0.6) is 5.75 Å². The molecule has 0 aliphatic carbocycles. The number of amides is 1. The molecule has 0 unspecified atom stereocenters. The third-order valence-corrected chi connectivity index (χ3v) is 7.02. The van der Waals surface area contributed by atoms with E-state index in [4.69, 9.17) is 10.6 Å². The fraction of sp³-hybridized carbons (Fsp3) is 0.250. The first-order valence-corrected chi connectivity index (χ1v) is 12.2. The van der Waals surface area contributed by atoms with Crippen molar-refractivity contribution in [3.8, 4) is 5.75 Å². The highest BCUT2D eigenvalue weighted by Crippen LogP contribution is 2.25. The third kappa shape index (κ3) is 5.15. The van der Waals surface area contributed by atoms with Gasteiger partial charge in [-0.2, -0.15) is 9.82 Å². The fourth-order valence-electron chi connectivity index (χ4n) is 3.97. The van der Waals surface area contributed by atoms with Gasteiger partial charge in [0.25, 0.3) is 0 Å². The molecule has 0 aromatic heterocycles. The lowest BCUT2D eigenvalue weighted by molar-refractivity contribution is -0.129. The van der Waals surface area contributed by atoms with Crippen LogP contribution in [-0.2, 0) is 21.4 Å². The van der Waals surface area contributed by atoms with Gasteiger partial charge >= 0.3 is 0 Å². The number of ether oxygens (including phenoxy) is 1. The molecule has 1 aliphatic heterocycles. The zero-order valence-electron chi connectivity index (χ0n) is 18.3. The molecule has 3 aromatic carbocycles. The maximum absolute atomic E-state index is 13.0. The number of likely N-dealkylation sites (tertiary alicyclic amines) is 1. The van der Waals surface area contributed by atoms with Gasteiger partial charge in [0.1, 0.15) is 11.8 Å². The summed E-state index contributed by atoms with van der Waals surface area (Å²) < 4.78 is 34.2. The summed E-state index contributed by atoms with van der Waals surface area (Å²) in [6, 6.07) is 17.2. The van der Waals surface area contributed by atoms with E-state index in [1.807, 2.05) is 49.4 Å². The molecule has 3 aromatic rings. The van der Waals surface area contributed by atoms with E-state index < -0.39 is 16.1 Å². The van der Waals surface area contributed by atoms with Gasteiger partial charge in [-0.3, -0.25) is 4.79 Å². The second-order valence-corrected chi connectivity index (χ2v) is 9.56. The molecule has 1 amide bonds. The molecule has 0 bridgehead atoms. The Hall–Kier alpha value is -3.43. The van der Waals surface area contributed by atoms with Gasteiger partial charge in [-0.15, -0.1) is 0 Å². The van der Waals surface area contributed by atoms with Crippen LogP contribution in [-0.4, -0.2) is 44.6 Å². The molecular weight excluding hydrogens is 440 g/mol. The topological polar surface area (TPSA) is 114 Å². The number of nitrogens with two attached hydrogens (primary N) is 1. The van der Waals surface area contributed by atoms with Crippen molar-refractivity contribution in [1.82, 2.24) is 9.62 Å². The molecule has 0 radical (unpaired) electrons. The number of carbonyl (C=O) groups is 1. The summed E-state index contributed by atoms with van der Waals surface area (Å²) in [7, 11) is -3.87. The van der Waals surface area contributed by atoms with Gasteiger partial charge < -0.3 is 15.5 Å². The van der Waals surface area contributed by atoms with Crippen LogP contribution in [0, 0.1) is 0 Å². The van der Waals surface area contributed by atoms with E-state index >= 15 is 0 Å². The molecule has 4 rings (SSSR count). The molecule has 0 spiro atoms. The molecule has 8 nitrogen and oxygen atoms in total. The van der Waals surface area contributed by atoms with Gasteiger partial charge in [-0.25, -0.2) is 8.42 Å². The Balaban J connectivity index is 1.48. The molecule has 33 heavy (non-hydrogen) atoms. The maximum atomic E-state index is 13.0. The first-order valence-electron chi connectivity index (χ1n) is 10.7. The highest BCUT2D eigenvalue weighted by Gasteiger charge is 2.35. The summed E-state index contributed by atoms with van der Waals surface area (Å²) in [5, 5.41) is 5.18. The summed E-state index contributed by atoms with van der Waals surface area (Å²) in [4.78, 5) is 14.7. The van der Waals surface area contributed by atoms with E-state index in [2.05, 4.69) is 9.82 Å². The number of sulfonamides is 1. The predicted molar refractivity (Wildman–Crippen MR) is 127 cm³/mol. The summed E-state index contributed by atoms with van der Waals surface area (Å²) in [6.07, 6.45) is 1.94. The summed E-state index contributed by atoms with van der Waals surface area (Å²) in [6.45, 7) is 3.27. The number of rotatable bonds is 8. The predicted octanol–water partition coefficient (Wildman–Crippen LogP) is 2.61.